The second-order valence-corrected chi connectivity index (χ2v) is 3.65. The standard InChI is InChI=1S/C12H13F2N3O/c1-2-17(5-3-4-15)12(18)8-6-11(16)10(14)7-9(8)13/h6-7H,2-3,5,16H2,1H3. The SMILES string of the molecule is CCN(CCC#N)C(=O)c1cc(N)c(F)cc1F. The van der Waals surface area contributed by atoms with Gasteiger partial charge in [-0.15, -0.1) is 0 Å². The van der Waals surface area contributed by atoms with Crippen LogP contribution in [0.15, 0.2) is 12.1 Å². The number of nitriles is 1. The molecule has 0 bridgehead atoms. The zero-order valence-corrected chi connectivity index (χ0v) is 9.91. The van der Waals surface area contributed by atoms with E-state index in [-0.39, 0.29) is 24.2 Å². The average molecular weight is 253 g/mol. The molecule has 1 aromatic rings. The lowest BCUT2D eigenvalue weighted by Gasteiger charge is -2.20. The molecule has 0 unspecified atom stereocenters. The average Bonchev–Trinajstić information content (AvgIpc) is 2.34. The van der Waals surface area contributed by atoms with Crippen molar-refractivity contribution in [1.29, 1.82) is 5.26 Å². The molecule has 2 N–H and O–H groups in total. The molecule has 0 heterocycles. The highest BCUT2D eigenvalue weighted by atomic mass is 19.1. The summed E-state index contributed by atoms with van der Waals surface area (Å²) in [4.78, 5) is 13.3. The maximum atomic E-state index is 13.5. The van der Waals surface area contributed by atoms with Gasteiger partial charge in [0, 0.05) is 19.2 Å². The molecule has 0 fully saturated rings. The Hall–Kier alpha value is -2.16. The van der Waals surface area contributed by atoms with E-state index in [1.807, 2.05) is 6.07 Å². The lowest BCUT2D eigenvalue weighted by atomic mass is 10.1. The van der Waals surface area contributed by atoms with Gasteiger partial charge in [-0.25, -0.2) is 8.78 Å². The van der Waals surface area contributed by atoms with Gasteiger partial charge in [0.05, 0.1) is 23.7 Å². The van der Waals surface area contributed by atoms with Crippen LogP contribution in [-0.4, -0.2) is 23.9 Å². The molecular weight excluding hydrogens is 240 g/mol. The molecule has 4 nitrogen and oxygen atoms in total. The Labute approximate surface area is 104 Å². The summed E-state index contributed by atoms with van der Waals surface area (Å²) in [5.74, 6) is -2.46. The summed E-state index contributed by atoms with van der Waals surface area (Å²) >= 11 is 0. The number of carbonyl (C=O) groups excluding carboxylic acids is 1. The Morgan fingerprint density at radius 3 is 2.67 bits per heavy atom. The molecule has 1 amide bonds. The van der Waals surface area contributed by atoms with Crippen molar-refractivity contribution in [2.75, 3.05) is 18.8 Å². The highest BCUT2D eigenvalue weighted by molar-refractivity contribution is 5.95. The van der Waals surface area contributed by atoms with Crippen molar-refractivity contribution in [1.82, 2.24) is 4.90 Å². The van der Waals surface area contributed by atoms with Crippen LogP contribution in [0.4, 0.5) is 14.5 Å². The molecule has 0 spiro atoms. The summed E-state index contributed by atoms with van der Waals surface area (Å²) in [6, 6.07) is 3.46. The van der Waals surface area contributed by atoms with Gasteiger partial charge in [0.2, 0.25) is 0 Å². The minimum absolute atomic E-state index is 0.151. The Morgan fingerprint density at radius 1 is 1.44 bits per heavy atom. The van der Waals surface area contributed by atoms with Crippen molar-refractivity contribution < 1.29 is 13.6 Å². The predicted molar refractivity (Wildman–Crippen MR) is 62.6 cm³/mol. The van der Waals surface area contributed by atoms with E-state index in [2.05, 4.69) is 0 Å². The number of hydrogen-bond donors (Lipinski definition) is 1. The van der Waals surface area contributed by atoms with E-state index in [9.17, 15) is 13.6 Å². The number of carbonyl (C=O) groups is 1. The van der Waals surface area contributed by atoms with Crippen LogP contribution in [0.25, 0.3) is 0 Å². The van der Waals surface area contributed by atoms with Gasteiger partial charge in [-0.2, -0.15) is 5.26 Å². The molecule has 1 aromatic carbocycles. The van der Waals surface area contributed by atoms with E-state index in [0.29, 0.717) is 12.6 Å². The van der Waals surface area contributed by atoms with Crippen LogP contribution in [0.1, 0.15) is 23.7 Å². The largest absolute Gasteiger partial charge is 0.396 e. The molecule has 0 aromatic heterocycles. The second kappa shape index (κ2) is 5.96. The predicted octanol–water partition coefficient (Wildman–Crippen LogP) is 1.92. The normalized spacial score (nSPS) is 9.89. The third-order valence-electron chi connectivity index (χ3n) is 2.48. The van der Waals surface area contributed by atoms with E-state index in [4.69, 9.17) is 11.0 Å². The lowest BCUT2D eigenvalue weighted by Crippen LogP contribution is -2.32. The van der Waals surface area contributed by atoms with E-state index in [1.165, 1.54) is 4.90 Å². The smallest absolute Gasteiger partial charge is 0.256 e. The highest BCUT2D eigenvalue weighted by Crippen LogP contribution is 2.18. The van der Waals surface area contributed by atoms with E-state index >= 15 is 0 Å². The summed E-state index contributed by atoms with van der Waals surface area (Å²) in [5, 5.41) is 8.47. The zero-order valence-electron chi connectivity index (χ0n) is 9.91. The molecule has 6 heteroatoms. The number of rotatable bonds is 4. The second-order valence-electron chi connectivity index (χ2n) is 3.65. The molecule has 0 aliphatic heterocycles. The molecule has 0 saturated heterocycles. The molecule has 0 atom stereocenters. The first-order valence-electron chi connectivity index (χ1n) is 5.42. The summed E-state index contributed by atoms with van der Waals surface area (Å²) < 4.78 is 26.5. The van der Waals surface area contributed by atoms with Gasteiger partial charge >= 0.3 is 0 Å². The molecule has 0 aliphatic rings. The van der Waals surface area contributed by atoms with E-state index < -0.39 is 17.5 Å². The molecule has 0 aliphatic carbocycles. The maximum Gasteiger partial charge on any atom is 0.256 e. The van der Waals surface area contributed by atoms with Crippen LogP contribution in [0.2, 0.25) is 0 Å². The number of anilines is 1. The van der Waals surface area contributed by atoms with Gasteiger partial charge in [-0.1, -0.05) is 0 Å². The van der Waals surface area contributed by atoms with Crippen LogP contribution in [0, 0.1) is 23.0 Å². The van der Waals surface area contributed by atoms with Gasteiger partial charge < -0.3 is 10.6 Å². The highest BCUT2D eigenvalue weighted by Gasteiger charge is 2.19. The van der Waals surface area contributed by atoms with Crippen molar-refractivity contribution in [2.45, 2.75) is 13.3 Å². The number of benzene rings is 1. The molecule has 96 valence electrons. The number of nitrogens with two attached hydrogens (primary N) is 1. The molecule has 0 radical (unpaired) electrons. The monoisotopic (exact) mass is 253 g/mol. The third-order valence-corrected chi connectivity index (χ3v) is 2.48. The van der Waals surface area contributed by atoms with Gasteiger partial charge in [-0.05, 0) is 13.0 Å². The quantitative estimate of drug-likeness (QED) is 0.833. The first-order chi connectivity index (χ1) is 8.51. The minimum atomic E-state index is -0.956. The number of nitrogens with zero attached hydrogens (tertiary/aromatic N) is 2. The Morgan fingerprint density at radius 2 is 2.11 bits per heavy atom. The van der Waals surface area contributed by atoms with Crippen LogP contribution in [-0.2, 0) is 0 Å². The van der Waals surface area contributed by atoms with Crippen LogP contribution < -0.4 is 5.73 Å². The summed E-state index contributed by atoms with van der Waals surface area (Å²) in [6.45, 7) is 2.24. The minimum Gasteiger partial charge on any atom is -0.396 e. The van der Waals surface area contributed by atoms with Crippen LogP contribution >= 0.6 is 0 Å². The lowest BCUT2D eigenvalue weighted by molar-refractivity contribution is 0.0763. The fourth-order valence-corrected chi connectivity index (χ4v) is 1.49. The maximum absolute atomic E-state index is 13.5. The van der Waals surface area contributed by atoms with Gasteiger partial charge in [0.1, 0.15) is 11.6 Å². The van der Waals surface area contributed by atoms with Crippen LogP contribution in [0.3, 0.4) is 0 Å². The van der Waals surface area contributed by atoms with Gasteiger partial charge in [0.15, 0.2) is 0 Å². The fourth-order valence-electron chi connectivity index (χ4n) is 1.49. The van der Waals surface area contributed by atoms with Crippen molar-refractivity contribution >= 4 is 11.6 Å². The summed E-state index contributed by atoms with van der Waals surface area (Å²) in [6.07, 6.45) is 0.151. The first kappa shape index (κ1) is 13.9. The van der Waals surface area contributed by atoms with Crippen molar-refractivity contribution in [2.24, 2.45) is 0 Å². The molecule has 18 heavy (non-hydrogen) atoms. The van der Waals surface area contributed by atoms with Crippen molar-refractivity contribution in [3.8, 4) is 6.07 Å². The zero-order chi connectivity index (χ0) is 13.7. The topological polar surface area (TPSA) is 70.1 Å². The number of halogens is 2. The number of nitrogen functional groups attached to an aromatic ring is 1. The Kier molecular flexibility index (Phi) is 4.60. The number of hydrogen-bond acceptors (Lipinski definition) is 3. The van der Waals surface area contributed by atoms with E-state index in [1.54, 1.807) is 6.92 Å². The first-order valence-corrected chi connectivity index (χ1v) is 5.42. The third kappa shape index (κ3) is 2.94. The molecular formula is C12H13F2N3O. The van der Waals surface area contributed by atoms with E-state index in [0.717, 1.165) is 6.07 Å². The summed E-state index contributed by atoms with van der Waals surface area (Å²) in [7, 11) is 0. The van der Waals surface area contributed by atoms with Gasteiger partial charge in [0.25, 0.3) is 5.91 Å². The Balaban J connectivity index is 3.02. The molecule has 0 saturated carbocycles. The molecule has 1 rings (SSSR count). The Bertz CT molecular complexity index is 497. The van der Waals surface area contributed by atoms with Crippen LogP contribution in [0.5, 0.6) is 0 Å². The summed E-state index contributed by atoms with van der Waals surface area (Å²) in [5.41, 5.74) is 4.74. The van der Waals surface area contributed by atoms with Crippen molar-refractivity contribution in [3.05, 3.63) is 29.3 Å². The fraction of sp³-hybridized carbons (Fsp3) is 0.333. The number of amides is 1. The van der Waals surface area contributed by atoms with Crippen molar-refractivity contribution in [3.63, 3.8) is 0 Å². The van der Waals surface area contributed by atoms with Gasteiger partial charge in [-0.3, -0.25) is 4.79 Å².